The Hall–Kier alpha value is -1.01. The Morgan fingerprint density at radius 3 is 2.30 bits per heavy atom. The molecule has 23 heavy (non-hydrogen) atoms. The van der Waals surface area contributed by atoms with E-state index in [4.69, 9.17) is 15.2 Å². The lowest BCUT2D eigenvalue weighted by atomic mass is 9.86. The molecule has 3 aliphatic heterocycles. The summed E-state index contributed by atoms with van der Waals surface area (Å²) in [6.07, 6.45) is 2.25. The van der Waals surface area contributed by atoms with Gasteiger partial charge in [0.2, 0.25) is 0 Å². The van der Waals surface area contributed by atoms with Crippen molar-refractivity contribution < 1.29 is 14.3 Å². The van der Waals surface area contributed by atoms with Gasteiger partial charge in [-0.3, -0.25) is 4.90 Å². The van der Waals surface area contributed by atoms with Crippen LogP contribution in [0.25, 0.3) is 0 Å². The van der Waals surface area contributed by atoms with Crippen molar-refractivity contribution in [1.29, 1.82) is 0 Å². The van der Waals surface area contributed by atoms with E-state index in [9.17, 15) is 4.79 Å². The van der Waals surface area contributed by atoms with Crippen molar-refractivity contribution >= 4 is 30.8 Å². The third-order valence-electron chi connectivity index (χ3n) is 4.59. The summed E-state index contributed by atoms with van der Waals surface area (Å²) in [4.78, 5) is 14.6. The number of nitrogens with zero attached hydrogens (tertiary/aromatic N) is 1. The lowest BCUT2D eigenvalue weighted by Crippen LogP contribution is -2.52. The number of carbonyl (C=O) groups excluding carboxylic acids is 1. The number of hydrogen-bond donors (Lipinski definition) is 1. The average molecular weight is 363 g/mol. The molecule has 1 aromatic carbocycles. The molecule has 2 N–H and O–H groups in total. The molecular weight excluding hydrogens is 339 g/mol. The van der Waals surface area contributed by atoms with Gasteiger partial charge in [-0.2, -0.15) is 0 Å². The molecule has 2 bridgehead atoms. The fraction of sp³-hybridized carbons (Fsp3) is 0.562. The van der Waals surface area contributed by atoms with Crippen LogP contribution in [-0.4, -0.2) is 43.7 Å². The van der Waals surface area contributed by atoms with E-state index in [0.29, 0.717) is 5.92 Å². The molecule has 130 valence electrons. The molecule has 4 rings (SSSR count). The van der Waals surface area contributed by atoms with Gasteiger partial charge in [0.15, 0.2) is 0 Å². The van der Waals surface area contributed by atoms with Crippen LogP contribution in [0, 0.1) is 5.92 Å². The Morgan fingerprint density at radius 2 is 1.83 bits per heavy atom. The predicted octanol–water partition coefficient (Wildman–Crippen LogP) is 2.18. The number of piperidine rings is 3. The SMILES string of the molecule is COc1ccc(C(N)C(=O)OC2CN3CCC2CC3)cc1.Cl.Cl. The van der Waals surface area contributed by atoms with E-state index < -0.39 is 6.04 Å². The van der Waals surface area contributed by atoms with Crippen LogP contribution < -0.4 is 10.5 Å². The third-order valence-corrected chi connectivity index (χ3v) is 4.59. The number of fused-ring (bicyclic) bond motifs is 3. The number of rotatable bonds is 4. The lowest BCUT2D eigenvalue weighted by Gasteiger charge is -2.44. The van der Waals surface area contributed by atoms with E-state index in [2.05, 4.69) is 4.90 Å². The van der Waals surface area contributed by atoms with E-state index in [1.165, 1.54) is 0 Å². The second-order valence-electron chi connectivity index (χ2n) is 5.86. The number of ether oxygens (including phenoxy) is 2. The zero-order valence-corrected chi connectivity index (χ0v) is 14.8. The number of hydrogen-bond acceptors (Lipinski definition) is 5. The first-order valence-electron chi connectivity index (χ1n) is 7.50. The predicted molar refractivity (Wildman–Crippen MR) is 93.5 cm³/mol. The van der Waals surface area contributed by atoms with Gasteiger partial charge in [0.05, 0.1) is 7.11 Å². The summed E-state index contributed by atoms with van der Waals surface area (Å²) < 4.78 is 10.8. The number of benzene rings is 1. The van der Waals surface area contributed by atoms with Crippen LogP contribution in [0.4, 0.5) is 0 Å². The summed E-state index contributed by atoms with van der Waals surface area (Å²) >= 11 is 0. The van der Waals surface area contributed by atoms with E-state index in [-0.39, 0.29) is 36.9 Å². The topological polar surface area (TPSA) is 64.8 Å². The second-order valence-corrected chi connectivity index (χ2v) is 5.86. The number of halogens is 2. The maximum absolute atomic E-state index is 12.2. The molecule has 0 radical (unpaired) electrons. The van der Waals surface area contributed by atoms with Gasteiger partial charge in [-0.15, -0.1) is 24.8 Å². The zero-order chi connectivity index (χ0) is 14.8. The van der Waals surface area contributed by atoms with Crippen LogP contribution in [0.15, 0.2) is 24.3 Å². The van der Waals surface area contributed by atoms with Gasteiger partial charge in [0.25, 0.3) is 0 Å². The molecule has 7 heteroatoms. The summed E-state index contributed by atoms with van der Waals surface area (Å²) in [6, 6.07) is 6.49. The van der Waals surface area contributed by atoms with Crippen LogP contribution in [0.2, 0.25) is 0 Å². The van der Waals surface area contributed by atoms with E-state index in [1.807, 2.05) is 0 Å². The molecule has 2 atom stereocenters. The van der Waals surface area contributed by atoms with Crippen LogP contribution >= 0.6 is 24.8 Å². The van der Waals surface area contributed by atoms with E-state index >= 15 is 0 Å². The summed E-state index contributed by atoms with van der Waals surface area (Å²) in [6.45, 7) is 3.11. The Kier molecular flexibility index (Phi) is 7.61. The van der Waals surface area contributed by atoms with Crippen LogP contribution in [0.3, 0.4) is 0 Å². The highest BCUT2D eigenvalue weighted by Gasteiger charge is 2.37. The quantitative estimate of drug-likeness (QED) is 0.831. The largest absolute Gasteiger partial charge is 0.497 e. The minimum absolute atomic E-state index is 0. The molecule has 3 heterocycles. The number of esters is 1. The highest BCUT2D eigenvalue weighted by molar-refractivity contribution is 5.85. The van der Waals surface area contributed by atoms with Crippen molar-refractivity contribution in [2.75, 3.05) is 26.7 Å². The Bertz CT molecular complexity index is 505. The van der Waals surface area contributed by atoms with Gasteiger partial charge in [0.1, 0.15) is 17.9 Å². The van der Waals surface area contributed by atoms with Crippen molar-refractivity contribution in [2.24, 2.45) is 11.7 Å². The van der Waals surface area contributed by atoms with Gasteiger partial charge >= 0.3 is 5.97 Å². The molecule has 0 spiro atoms. The molecule has 0 aliphatic carbocycles. The van der Waals surface area contributed by atoms with Gasteiger partial charge in [-0.05, 0) is 49.5 Å². The molecule has 3 saturated heterocycles. The number of carbonyl (C=O) groups is 1. The first kappa shape index (κ1) is 20.0. The molecule has 3 fully saturated rings. The zero-order valence-electron chi connectivity index (χ0n) is 13.1. The molecular formula is C16H24Cl2N2O3. The van der Waals surface area contributed by atoms with Crippen molar-refractivity contribution in [1.82, 2.24) is 4.90 Å². The lowest BCUT2D eigenvalue weighted by molar-refractivity contribution is -0.160. The van der Waals surface area contributed by atoms with Crippen molar-refractivity contribution in [3.8, 4) is 5.75 Å². The number of methoxy groups -OCH3 is 1. The second kappa shape index (κ2) is 8.73. The van der Waals surface area contributed by atoms with Gasteiger partial charge in [-0.25, -0.2) is 4.79 Å². The van der Waals surface area contributed by atoms with E-state index in [1.54, 1.807) is 31.4 Å². The molecule has 0 aromatic heterocycles. The monoisotopic (exact) mass is 362 g/mol. The average Bonchev–Trinajstić information content (AvgIpc) is 2.55. The normalized spacial score (nSPS) is 26.4. The van der Waals surface area contributed by atoms with Gasteiger partial charge < -0.3 is 15.2 Å². The summed E-state index contributed by atoms with van der Waals surface area (Å²) in [5, 5.41) is 0. The molecule has 1 aromatic rings. The summed E-state index contributed by atoms with van der Waals surface area (Å²) in [7, 11) is 1.61. The molecule has 2 unspecified atom stereocenters. The molecule has 3 aliphatic rings. The maximum Gasteiger partial charge on any atom is 0.327 e. The molecule has 5 nitrogen and oxygen atoms in total. The highest BCUT2D eigenvalue weighted by atomic mass is 35.5. The minimum Gasteiger partial charge on any atom is -0.497 e. The number of nitrogens with two attached hydrogens (primary N) is 1. The fourth-order valence-electron chi connectivity index (χ4n) is 3.21. The van der Waals surface area contributed by atoms with E-state index in [0.717, 1.165) is 43.8 Å². The van der Waals surface area contributed by atoms with Crippen molar-refractivity contribution in [2.45, 2.75) is 25.0 Å². The Morgan fingerprint density at radius 1 is 1.22 bits per heavy atom. The Balaban J connectivity index is 0.00000132. The van der Waals surface area contributed by atoms with Gasteiger partial charge in [0, 0.05) is 6.54 Å². The minimum atomic E-state index is -0.730. The van der Waals surface area contributed by atoms with Crippen molar-refractivity contribution in [3.05, 3.63) is 29.8 Å². The molecule has 0 amide bonds. The Labute approximate surface area is 149 Å². The standard InChI is InChI=1S/C16H22N2O3.2ClH/c1-20-13-4-2-12(3-5-13)15(17)16(19)21-14-10-18-8-6-11(14)7-9-18;;/h2-5,11,14-15H,6-10,17H2,1H3;2*1H. The maximum atomic E-state index is 12.2. The summed E-state index contributed by atoms with van der Waals surface area (Å²) in [5.41, 5.74) is 6.77. The van der Waals surface area contributed by atoms with Crippen LogP contribution in [0.1, 0.15) is 24.4 Å². The van der Waals surface area contributed by atoms with Crippen LogP contribution in [-0.2, 0) is 9.53 Å². The smallest absolute Gasteiger partial charge is 0.327 e. The third kappa shape index (κ3) is 4.51. The fourth-order valence-corrected chi connectivity index (χ4v) is 3.21. The highest BCUT2D eigenvalue weighted by Crippen LogP contribution is 2.30. The van der Waals surface area contributed by atoms with Crippen LogP contribution in [0.5, 0.6) is 5.75 Å². The molecule has 0 saturated carbocycles. The first-order chi connectivity index (χ1) is 10.2. The first-order valence-corrected chi connectivity index (χ1v) is 7.50. The summed E-state index contributed by atoms with van der Waals surface area (Å²) in [5.74, 6) is 0.914. The van der Waals surface area contributed by atoms with Crippen molar-refractivity contribution in [3.63, 3.8) is 0 Å². The van der Waals surface area contributed by atoms with Gasteiger partial charge in [-0.1, -0.05) is 12.1 Å².